The Bertz CT molecular complexity index is 721. The zero-order valence-electron chi connectivity index (χ0n) is 16.9. The molecule has 154 valence electrons. The summed E-state index contributed by atoms with van der Waals surface area (Å²) < 4.78 is 12.8. The molecule has 4 nitrogen and oxygen atoms in total. The molecule has 0 saturated heterocycles. The molecule has 1 N–H and O–H groups in total. The van der Waals surface area contributed by atoms with Crippen LogP contribution in [0, 0.1) is 0 Å². The van der Waals surface area contributed by atoms with Crippen molar-refractivity contribution in [3.8, 4) is 11.5 Å². The Hall–Kier alpha value is -1.27. The summed E-state index contributed by atoms with van der Waals surface area (Å²) in [5.41, 5.74) is 2.21. The van der Waals surface area contributed by atoms with Crippen molar-refractivity contribution in [2.75, 3.05) is 32.8 Å². The zero-order valence-corrected chi connectivity index (χ0v) is 19.3. The summed E-state index contributed by atoms with van der Waals surface area (Å²) in [7, 11) is 0. The van der Waals surface area contributed by atoms with Crippen molar-refractivity contribution in [2.24, 2.45) is 0 Å². The monoisotopic (exact) mass is 468 g/mol. The Morgan fingerprint density at radius 2 is 1.68 bits per heavy atom. The highest BCUT2D eigenvalue weighted by molar-refractivity contribution is 9.10. The van der Waals surface area contributed by atoms with Crippen LogP contribution in [-0.2, 0) is 13.2 Å². The van der Waals surface area contributed by atoms with E-state index >= 15 is 0 Å². The maximum atomic E-state index is 6.01. The molecule has 0 atom stereocenters. The normalized spacial score (nSPS) is 11.1. The number of nitrogens with one attached hydrogen (secondary N) is 1. The number of ether oxygens (including phenoxy) is 2. The van der Waals surface area contributed by atoms with E-state index in [1.54, 1.807) is 0 Å². The van der Waals surface area contributed by atoms with Crippen LogP contribution in [0.25, 0.3) is 0 Å². The molecule has 0 aliphatic heterocycles. The van der Waals surface area contributed by atoms with Gasteiger partial charge >= 0.3 is 0 Å². The van der Waals surface area contributed by atoms with E-state index in [-0.39, 0.29) is 0 Å². The van der Waals surface area contributed by atoms with Crippen LogP contribution in [0.1, 0.15) is 31.9 Å². The van der Waals surface area contributed by atoms with Gasteiger partial charge in [-0.15, -0.1) is 0 Å². The number of nitrogens with zero attached hydrogens (tertiary/aromatic N) is 1. The van der Waals surface area contributed by atoms with Gasteiger partial charge in [-0.3, -0.25) is 0 Å². The maximum absolute atomic E-state index is 6.01. The topological polar surface area (TPSA) is 33.7 Å². The molecule has 2 rings (SSSR count). The van der Waals surface area contributed by atoms with Crippen molar-refractivity contribution in [1.29, 1.82) is 0 Å². The Kier molecular flexibility index (Phi) is 10.1. The lowest BCUT2D eigenvalue weighted by Crippen LogP contribution is -2.31. The number of hydrogen-bond donors (Lipinski definition) is 1. The fraction of sp³-hybridized carbons (Fsp3) is 0.455. The van der Waals surface area contributed by atoms with Gasteiger partial charge in [0.25, 0.3) is 0 Å². The second kappa shape index (κ2) is 12.3. The van der Waals surface area contributed by atoms with E-state index < -0.39 is 0 Å². The number of likely N-dealkylation sites (N-methyl/N-ethyl adjacent to an activating group) is 1. The van der Waals surface area contributed by atoms with Gasteiger partial charge in [0, 0.05) is 29.1 Å². The molecule has 0 aliphatic rings. The van der Waals surface area contributed by atoms with E-state index in [0.717, 1.165) is 64.8 Å². The number of halogens is 2. The molecule has 2 aromatic rings. The van der Waals surface area contributed by atoms with E-state index in [0.29, 0.717) is 13.2 Å². The summed E-state index contributed by atoms with van der Waals surface area (Å²) in [5, 5.41) is 4.23. The molecule has 6 heteroatoms. The zero-order chi connectivity index (χ0) is 20.4. The third kappa shape index (κ3) is 7.28. The lowest BCUT2D eigenvalue weighted by Gasteiger charge is -2.19. The van der Waals surface area contributed by atoms with E-state index in [1.807, 2.05) is 37.3 Å². The van der Waals surface area contributed by atoms with Gasteiger partial charge in [-0.2, -0.15) is 0 Å². The van der Waals surface area contributed by atoms with Crippen molar-refractivity contribution in [2.45, 2.75) is 33.9 Å². The van der Waals surface area contributed by atoms with Crippen LogP contribution in [0.15, 0.2) is 40.9 Å². The van der Waals surface area contributed by atoms with Crippen LogP contribution in [0.4, 0.5) is 0 Å². The summed E-state index contributed by atoms with van der Waals surface area (Å²) in [6.45, 7) is 12.4. The second-order valence-corrected chi connectivity index (χ2v) is 7.73. The van der Waals surface area contributed by atoms with Gasteiger partial charge in [0.05, 0.1) is 6.61 Å². The minimum Gasteiger partial charge on any atom is -0.490 e. The molecular weight excluding hydrogens is 440 g/mol. The Balaban J connectivity index is 2.00. The average Bonchev–Trinajstić information content (AvgIpc) is 2.70. The first-order valence-corrected chi connectivity index (χ1v) is 11.0. The number of hydrogen-bond acceptors (Lipinski definition) is 4. The molecule has 0 spiro atoms. The highest BCUT2D eigenvalue weighted by atomic mass is 79.9. The molecule has 0 fully saturated rings. The fourth-order valence-corrected chi connectivity index (χ4v) is 3.42. The first kappa shape index (κ1) is 23.0. The molecule has 0 unspecified atom stereocenters. The number of rotatable bonds is 12. The van der Waals surface area contributed by atoms with Crippen LogP contribution in [0.2, 0.25) is 5.02 Å². The van der Waals surface area contributed by atoms with Crippen molar-refractivity contribution in [1.82, 2.24) is 10.2 Å². The molecule has 2 aromatic carbocycles. The first-order valence-electron chi connectivity index (χ1n) is 9.82. The first-order chi connectivity index (χ1) is 13.6. The van der Waals surface area contributed by atoms with Gasteiger partial charge in [0.2, 0.25) is 0 Å². The van der Waals surface area contributed by atoms with Gasteiger partial charge in [-0.25, -0.2) is 0 Å². The summed E-state index contributed by atoms with van der Waals surface area (Å²) in [4.78, 5) is 2.40. The molecular formula is C22H30BrClN2O2. The molecule has 0 aliphatic carbocycles. The van der Waals surface area contributed by atoms with E-state index in [4.69, 9.17) is 21.1 Å². The maximum Gasteiger partial charge on any atom is 0.162 e. The highest BCUT2D eigenvalue weighted by Crippen LogP contribution is 2.34. The minimum atomic E-state index is 0.463. The third-order valence-electron chi connectivity index (χ3n) is 4.53. The van der Waals surface area contributed by atoms with E-state index in [2.05, 4.69) is 46.1 Å². The molecule has 0 bridgehead atoms. The summed E-state index contributed by atoms with van der Waals surface area (Å²) >= 11 is 9.62. The highest BCUT2D eigenvalue weighted by Gasteiger charge is 2.11. The predicted octanol–water partition coefficient (Wildman–Crippen LogP) is 5.51. The standard InChI is InChI=1S/C22H30BrClN2O2/c1-4-26(5-2)12-11-25-15-18-13-21(27-6-3)22(14-20(18)23)28-16-17-7-9-19(24)10-8-17/h7-10,13-14,25H,4-6,11-12,15-16H2,1-3H3. The molecule has 0 amide bonds. The Morgan fingerprint density at radius 3 is 2.32 bits per heavy atom. The Labute approximate surface area is 182 Å². The molecule has 28 heavy (non-hydrogen) atoms. The third-order valence-corrected chi connectivity index (χ3v) is 5.53. The van der Waals surface area contributed by atoms with Gasteiger partial charge in [-0.05, 0) is 55.4 Å². The van der Waals surface area contributed by atoms with Crippen molar-refractivity contribution in [3.05, 3.63) is 57.0 Å². The molecule has 0 radical (unpaired) electrons. The van der Waals surface area contributed by atoms with Crippen LogP contribution in [0.5, 0.6) is 11.5 Å². The minimum absolute atomic E-state index is 0.463. The smallest absolute Gasteiger partial charge is 0.162 e. The molecule has 0 saturated carbocycles. The lowest BCUT2D eigenvalue weighted by atomic mass is 10.2. The van der Waals surface area contributed by atoms with Crippen molar-refractivity contribution >= 4 is 27.5 Å². The van der Waals surface area contributed by atoms with E-state index in [1.165, 1.54) is 0 Å². The van der Waals surface area contributed by atoms with E-state index in [9.17, 15) is 0 Å². The predicted molar refractivity (Wildman–Crippen MR) is 121 cm³/mol. The average molecular weight is 470 g/mol. The van der Waals surface area contributed by atoms with Crippen LogP contribution in [0.3, 0.4) is 0 Å². The Morgan fingerprint density at radius 1 is 1.00 bits per heavy atom. The van der Waals surface area contributed by atoms with Crippen molar-refractivity contribution < 1.29 is 9.47 Å². The quantitative estimate of drug-likeness (QED) is 0.415. The van der Waals surface area contributed by atoms with Crippen LogP contribution < -0.4 is 14.8 Å². The van der Waals surface area contributed by atoms with Gasteiger partial charge in [-0.1, -0.05) is 53.5 Å². The van der Waals surface area contributed by atoms with Gasteiger partial charge < -0.3 is 19.7 Å². The van der Waals surface area contributed by atoms with Gasteiger partial charge in [0.15, 0.2) is 11.5 Å². The number of benzene rings is 2. The lowest BCUT2D eigenvalue weighted by molar-refractivity contribution is 0.268. The van der Waals surface area contributed by atoms with Gasteiger partial charge in [0.1, 0.15) is 6.61 Å². The molecule has 0 heterocycles. The second-order valence-electron chi connectivity index (χ2n) is 6.44. The van der Waals surface area contributed by atoms with Crippen LogP contribution >= 0.6 is 27.5 Å². The summed E-state index contributed by atoms with van der Waals surface area (Å²) in [6, 6.07) is 11.7. The summed E-state index contributed by atoms with van der Waals surface area (Å²) in [5.74, 6) is 1.50. The largest absolute Gasteiger partial charge is 0.490 e. The molecule has 0 aromatic heterocycles. The van der Waals surface area contributed by atoms with Crippen LogP contribution in [-0.4, -0.2) is 37.7 Å². The summed E-state index contributed by atoms with van der Waals surface area (Å²) in [6.07, 6.45) is 0. The fourth-order valence-electron chi connectivity index (χ4n) is 2.84. The van der Waals surface area contributed by atoms with Crippen molar-refractivity contribution in [3.63, 3.8) is 0 Å². The SMILES string of the molecule is CCOc1cc(CNCCN(CC)CC)c(Br)cc1OCc1ccc(Cl)cc1.